The van der Waals surface area contributed by atoms with E-state index in [0.717, 1.165) is 49.3 Å². The van der Waals surface area contributed by atoms with Crippen molar-refractivity contribution in [2.45, 2.75) is 52.2 Å². The molecule has 0 amide bonds. The summed E-state index contributed by atoms with van der Waals surface area (Å²) in [5, 5.41) is 14.0. The van der Waals surface area contributed by atoms with E-state index >= 15 is 0 Å². The smallest absolute Gasteiger partial charge is 0.112 e. The van der Waals surface area contributed by atoms with Crippen LogP contribution in [0.3, 0.4) is 0 Å². The van der Waals surface area contributed by atoms with Gasteiger partial charge < -0.3 is 15.0 Å². The minimum absolute atomic E-state index is 0.587. The van der Waals surface area contributed by atoms with Crippen molar-refractivity contribution in [1.29, 1.82) is 0 Å². The van der Waals surface area contributed by atoms with Gasteiger partial charge in [-0.1, -0.05) is 19.1 Å². The maximum atomic E-state index is 10.6. The van der Waals surface area contributed by atoms with Gasteiger partial charge in [0.05, 0.1) is 16.6 Å². The first kappa shape index (κ1) is 16.0. The zero-order chi connectivity index (χ0) is 15.3. The molecule has 2 aromatic rings. The minimum Gasteiger partial charge on any atom is -0.390 e. The standard InChI is InChI=1S/C17H27N3O/c1-4-11-18-12-10-17(3,21)13-16-19-14-8-6-7-9-15(14)20(16)5-2/h6-9,18,21H,4-5,10-13H2,1-3H3. The van der Waals surface area contributed by atoms with Crippen molar-refractivity contribution >= 4 is 11.0 Å². The lowest BCUT2D eigenvalue weighted by Crippen LogP contribution is -2.33. The predicted octanol–water partition coefficient (Wildman–Crippen LogP) is 2.74. The highest BCUT2D eigenvalue weighted by Crippen LogP contribution is 2.21. The van der Waals surface area contributed by atoms with Gasteiger partial charge in [0.2, 0.25) is 0 Å². The summed E-state index contributed by atoms with van der Waals surface area (Å²) in [6, 6.07) is 8.16. The fraction of sp³-hybridized carbons (Fsp3) is 0.588. The van der Waals surface area contributed by atoms with Gasteiger partial charge in [-0.25, -0.2) is 4.98 Å². The first-order valence-corrected chi connectivity index (χ1v) is 7.94. The van der Waals surface area contributed by atoms with E-state index in [1.807, 2.05) is 25.1 Å². The zero-order valence-corrected chi connectivity index (χ0v) is 13.4. The molecule has 0 aliphatic carbocycles. The molecule has 0 saturated heterocycles. The summed E-state index contributed by atoms with van der Waals surface area (Å²) in [7, 11) is 0. The number of imidazole rings is 1. The van der Waals surface area contributed by atoms with Gasteiger partial charge in [-0.3, -0.25) is 0 Å². The molecule has 0 aliphatic rings. The Kier molecular flexibility index (Phi) is 5.37. The second-order valence-corrected chi connectivity index (χ2v) is 5.93. The number of aromatic nitrogens is 2. The molecule has 1 aromatic carbocycles. The lowest BCUT2D eigenvalue weighted by atomic mass is 9.97. The number of aliphatic hydroxyl groups is 1. The zero-order valence-electron chi connectivity index (χ0n) is 13.4. The molecule has 0 aliphatic heterocycles. The van der Waals surface area contributed by atoms with Crippen LogP contribution in [0, 0.1) is 0 Å². The highest BCUT2D eigenvalue weighted by molar-refractivity contribution is 5.75. The van der Waals surface area contributed by atoms with Crippen molar-refractivity contribution in [3.63, 3.8) is 0 Å². The van der Waals surface area contributed by atoms with Crippen molar-refractivity contribution in [2.24, 2.45) is 0 Å². The Balaban J connectivity index is 2.11. The molecule has 2 rings (SSSR count). The van der Waals surface area contributed by atoms with Gasteiger partial charge in [-0.15, -0.1) is 0 Å². The number of rotatable bonds is 8. The van der Waals surface area contributed by atoms with Crippen LogP contribution in [0.4, 0.5) is 0 Å². The average Bonchev–Trinajstić information content (AvgIpc) is 2.79. The van der Waals surface area contributed by atoms with Crippen molar-refractivity contribution in [2.75, 3.05) is 13.1 Å². The molecule has 0 fully saturated rings. The lowest BCUT2D eigenvalue weighted by molar-refractivity contribution is 0.0489. The van der Waals surface area contributed by atoms with E-state index in [4.69, 9.17) is 4.98 Å². The Labute approximate surface area is 127 Å². The van der Waals surface area contributed by atoms with Gasteiger partial charge in [0.25, 0.3) is 0 Å². The minimum atomic E-state index is -0.727. The molecule has 2 N–H and O–H groups in total. The third-order valence-corrected chi connectivity index (χ3v) is 3.86. The third-order valence-electron chi connectivity index (χ3n) is 3.86. The van der Waals surface area contributed by atoms with Crippen LogP contribution >= 0.6 is 0 Å². The normalized spacial score (nSPS) is 14.5. The number of hydrogen-bond donors (Lipinski definition) is 2. The number of nitrogens with zero attached hydrogens (tertiary/aromatic N) is 2. The molecule has 21 heavy (non-hydrogen) atoms. The molecule has 0 spiro atoms. The molecule has 1 unspecified atom stereocenters. The van der Waals surface area contributed by atoms with E-state index in [-0.39, 0.29) is 0 Å². The number of benzene rings is 1. The molecule has 116 valence electrons. The average molecular weight is 289 g/mol. The largest absolute Gasteiger partial charge is 0.390 e. The quantitative estimate of drug-likeness (QED) is 0.735. The van der Waals surface area contributed by atoms with Crippen LogP contribution in [-0.4, -0.2) is 33.3 Å². The summed E-state index contributed by atoms with van der Waals surface area (Å²) in [6.07, 6.45) is 2.44. The summed E-state index contributed by atoms with van der Waals surface area (Å²) in [5.74, 6) is 0.971. The Bertz CT molecular complexity index is 574. The van der Waals surface area contributed by atoms with Crippen LogP contribution < -0.4 is 5.32 Å². The Morgan fingerprint density at radius 1 is 1.24 bits per heavy atom. The van der Waals surface area contributed by atoms with Gasteiger partial charge in [0.1, 0.15) is 5.82 Å². The molecule has 4 heteroatoms. The van der Waals surface area contributed by atoms with Gasteiger partial charge in [0, 0.05) is 13.0 Å². The van der Waals surface area contributed by atoms with Crippen molar-refractivity contribution in [3.8, 4) is 0 Å². The van der Waals surface area contributed by atoms with Crippen molar-refractivity contribution in [3.05, 3.63) is 30.1 Å². The highest BCUT2D eigenvalue weighted by Gasteiger charge is 2.24. The molecule has 1 aromatic heterocycles. The molecule has 0 bridgehead atoms. The number of fused-ring (bicyclic) bond motifs is 1. The fourth-order valence-corrected chi connectivity index (χ4v) is 2.70. The number of nitrogens with one attached hydrogen (secondary N) is 1. The summed E-state index contributed by atoms with van der Waals surface area (Å²) >= 11 is 0. The van der Waals surface area contributed by atoms with E-state index in [9.17, 15) is 5.11 Å². The van der Waals surface area contributed by atoms with E-state index in [2.05, 4.69) is 29.8 Å². The van der Waals surface area contributed by atoms with Crippen molar-refractivity contribution < 1.29 is 5.11 Å². The predicted molar refractivity (Wildman–Crippen MR) is 87.5 cm³/mol. The summed E-state index contributed by atoms with van der Waals surface area (Å²) in [4.78, 5) is 4.70. The monoisotopic (exact) mass is 289 g/mol. The molecule has 1 atom stereocenters. The second kappa shape index (κ2) is 7.05. The third kappa shape index (κ3) is 4.05. The topological polar surface area (TPSA) is 50.1 Å². The maximum absolute atomic E-state index is 10.6. The van der Waals surface area contributed by atoms with Gasteiger partial charge in [0.15, 0.2) is 0 Å². The van der Waals surface area contributed by atoms with Crippen LogP contribution in [0.15, 0.2) is 24.3 Å². The summed E-state index contributed by atoms with van der Waals surface area (Å²) < 4.78 is 2.20. The van der Waals surface area contributed by atoms with Crippen LogP contribution in [0.25, 0.3) is 11.0 Å². The lowest BCUT2D eigenvalue weighted by Gasteiger charge is -2.23. The summed E-state index contributed by atoms with van der Waals surface area (Å²) in [6.45, 7) is 8.89. The second-order valence-electron chi connectivity index (χ2n) is 5.93. The molecule has 4 nitrogen and oxygen atoms in total. The van der Waals surface area contributed by atoms with Crippen LogP contribution in [0.5, 0.6) is 0 Å². The Morgan fingerprint density at radius 3 is 2.71 bits per heavy atom. The first-order valence-electron chi connectivity index (χ1n) is 7.94. The maximum Gasteiger partial charge on any atom is 0.112 e. The van der Waals surface area contributed by atoms with Crippen LogP contribution in [-0.2, 0) is 13.0 Å². The number of hydrogen-bond acceptors (Lipinski definition) is 3. The molecule has 0 radical (unpaired) electrons. The van der Waals surface area contributed by atoms with Crippen molar-refractivity contribution in [1.82, 2.24) is 14.9 Å². The number of aryl methyl sites for hydroxylation is 1. The van der Waals surface area contributed by atoms with E-state index < -0.39 is 5.60 Å². The first-order chi connectivity index (χ1) is 10.1. The molecular weight excluding hydrogens is 262 g/mol. The van der Waals surface area contributed by atoms with Crippen LogP contribution in [0.1, 0.15) is 39.4 Å². The SMILES string of the molecule is CCCNCCC(C)(O)Cc1nc2ccccc2n1CC. The highest BCUT2D eigenvalue weighted by atomic mass is 16.3. The number of para-hydroxylation sites is 2. The van der Waals surface area contributed by atoms with Gasteiger partial charge in [-0.2, -0.15) is 0 Å². The fourth-order valence-electron chi connectivity index (χ4n) is 2.70. The summed E-state index contributed by atoms with van der Waals surface area (Å²) in [5.41, 5.74) is 1.43. The molecule has 0 saturated carbocycles. The molecule has 1 heterocycles. The van der Waals surface area contributed by atoms with E-state index in [1.165, 1.54) is 0 Å². The van der Waals surface area contributed by atoms with Gasteiger partial charge >= 0.3 is 0 Å². The Hall–Kier alpha value is -1.39. The molecular formula is C17H27N3O. The van der Waals surface area contributed by atoms with Crippen LogP contribution in [0.2, 0.25) is 0 Å². The van der Waals surface area contributed by atoms with Gasteiger partial charge in [-0.05, 0) is 51.9 Å². The Morgan fingerprint density at radius 2 is 2.00 bits per heavy atom. The van der Waals surface area contributed by atoms with E-state index in [0.29, 0.717) is 6.42 Å². The van der Waals surface area contributed by atoms with E-state index in [1.54, 1.807) is 0 Å².